The highest BCUT2D eigenvalue weighted by Gasteiger charge is 2.29. The fourth-order valence-corrected chi connectivity index (χ4v) is 3.80. The van der Waals surface area contributed by atoms with Crippen LogP contribution < -0.4 is 22.1 Å². The molecular formula is C27H38N8O2. The second-order valence-corrected chi connectivity index (χ2v) is 10.3. The van der Waals surface area contributed by atoms with Crippen LogP contribution in [-0.4, -0.2) is 54.0 Å². The van der Waals surface area contributed by atoms with Crippen LogP contribution in [0.15, 0.2) is 80.6 Å². The van der Waals surface area contributed by atoms with Crippen molar-refractivity contribution in [2.45, 2.75) is 52.7 Å². The lowest BCUT2D eigenvalue weighted by Gasteiger charge is -2.24. The molecule has 0 saturated carbocycles. The van der Waals surface area contributed by atoms with E-state index in [9.17, 15) is 4.79 Å². The van der Waals surface area contributed by atoms with Gasteiger partial charge in [-0.05, 0) is 63.0 Å². The Kier molecular flexibility index (Phi) is 8.75. The maximum Gasteiger partial charge on any atom is 0.410 e. The molecule has 3 heterocycles. The predicted octanol–water partition coefficient (Wildman–Crippen LogP) is 3.20. The summed E-state index contributed by atoms with van der Waals surface area (Å²) in [5.41, 5.74) is 15.6. The van der Waals surface area contributed by atoms with E-state index in [0.717, 1.165) is 34.5 Å². The molecule has 0 unspecified atom stereocenters. The van der Waals surface area contributed by atoms with E-state index in [4.69, 9.17) is 21.6 Å². The monoisotopic (exact) mass is 506 g/mol. The topological polar surface area (TPSA) is 154 Å². The zero-order chi connectivity index (χ0) is 27.2. The first-order valence-corrected chi connectivity index (χ1v) is 12.4. The molecule has 10 nitrogen and oxygen atoms in total. The van der Waals surface area contributed by atoms with Crippen molar-refractivity contribution in [3.8, 4) is 0 Å². The number of amidine groups is 1. The second-order valence-electron chi connectivity index (χ2n) is 10.3. The Bertz CT molecular complexity index is 1160. The van der Waals surface area contributed by atoms with Gasteiger partial charge in [-0.25, -0.2) is 9.79 Å². The molecule has 0 aliphatic carbocycles. The largest absolute Gasteiger partial charge is 0.444 e. The molecule has 3 aliphatic heterocycles. The minimum absolute atomic E-state index is 0.0212. The molecule has 198 valence electrons. The van der Waals surface area contributed by atoms with E-state index in [1.54, 1.807) is 17.2 Å². The molecular weight excluding hydrogens is 468 g/mol. The average Bonchev–Trinajstić information content (AvgIpc) is 3.31. The summed E-state index contributed by atoms with van der Waals surface area (Å²) < 4.78 is 5.46. The second kappa shape index (κ2) is 11.8. The number of hydrogen-bond donors (Lipinski definition) is 5. The van der Waals surface area contributed by atoms with Gasteiger partial charge in [0, 0.05) is 49.1 Å². The molecule has 0 bridgehead atoms. The number of allylic oxidation sites excluding steroid dienone is 6. The zero-order valence-electron chi connectivity index (χ0n) is 22.2. The number of nitrogens with two attached hydrogens (primary N) is 2. The molecule has 7 N–H and O–H groups in total. The van der Waals surface area contributed by atoms with Gasteiger partial charge >= 0.3 is 6.09 Å². The van der Waals surface area contributed by atoms with Crippen molar-refractivity contribution < 1.29 is 9.53 Å². The van der Waals surface area contributed by atoms with E-state index in [0.29, 0.717) is 24.7 Å². The number of likely N-dealkylation sites (tertiary alicyclic amines) is 1. The highest BCUT2D eigenvalue weighted by Crippen LogP contribution is 2.23. The molecule has 0 aromatic carbocycles. The summed E-state index contributed by atoms with van der Waals surface area (Å²) in [6.07, 6.45) is 14.3. The molecule has 3 rings (SSSR count). The molecule has 1 amide bonds. The number of amides is 1. The lowest BCUT2D eigenvalue weighted by molar-refractivity contribution is 0.0293. The lowest BCUT2D eigenvalue weighted by Crippen LogP contribution is -2.35. The number of fused-ring (bicyclic) bond motifs is 1. The van der Waals surface area contributed by atoms with Crippen LogP contribution in [0.3, 0.4) is 0 Å². The van der Waals surface area contributed by atoms with Crippen molar-refractivity contribution >= 4 is 24.4 Å². The Labute approximate surface area is 218 Å². The average molecular weight is 507 g/mol. The third-order valence-corrected chi connectivity index (χ3v) is 5.79. The van der Waals surface area contributed by atoms with Gasteiger partial charge < -0.3 is 37.1 Å². The summed E-state index contributed by atoms with van der Waals surface area (Å²) >= 11 is 0. The van der Waals surface area contributed by atoms with Gasteiger partial charge in [0.05, 0.1) is 17.4 Å². The highest BCUT2D eigenvalue weighted by atomic mass is 16.6. The van der Waals surface area contributed by atoms with Crippen molar-refractivity contribution in [3.63, 3.8) is 0 Å². The highest BCUT2D eigenvalue weighted by molar-refractivity contribution is 5.97. The van der Waals surface area contributed by atoms with Gasteiger partial charge in [-0.15, -0.1) is 0 Å². The van der Waals surface area contributed by atoms with Crippen molar-refractivity contribution in [2.75, 3.05) is 13.1 Å². The fourth-order valence-electron chi connectivity index (χ4n) is 3.80. The smallest absolute Gasteiger partial charge is 0.410 e. The van der Waals surface area contributed by atoms with Crippen LogP contribution in [0, 0.1) is 11.3 Å². The zero-order valence-corrected chi connectivity index (χ0v) is 22.2. The van der Waals surface area contributed by atoms with Gasteiger partial charge in [0.15, 0.2) is 0 Å². The molecule has 0 spiro atoms. The summed E-state index contributed by atoms with van der Waals surface area (Å²) in [6.45, 7) is 10.7. The van der Waals surface area contributed by atoms with Gasteiger partial charge in [-0.2, -0.15) is 0 Å². The lowest BCUT2D eigenvalue weighted by atomic mass is 10.0. The summed E-state index contributed by atoms with van der Waals surface area (Å²) in [7, 11) is 0. The van der Waals surface area contributed by atoms with Crippen LogP contribution in [0.4, 0.5) is 4.79 Å². The number of carbonyl (C=O) groups excluding carboxylic acids is 1. The third kappa shape index (κ3) is 7.70. The first-order valence-electron chi connectivity index (χ1n) is 12.4. The van der Waals surface area contributed by atoms with E-state index in [2.05, 4.69) is 20.6 Å². The third-order valence-electron chi connectivity index (χ3n) is 5.79. The number of carbonyl (C=O) groups is 1. The van der Waals surface area contributed by atoms with Crippen LogP contribution in [0.2, 0.25) is 0 Å². The quantitative estimate of drug-likeness (QED) is 0.264. The molecule has 0 aromatic rings. The number of hydrogen-bond acceptors (Lipinski definition) is 8. The SMILES string of the molecule is CC(C)C(C=N)=CC(N)=NC1=CC=C2NC=C(C(C=N[C@H]3CCN(C(=O)OC(C)(C)C)C3)=CN)C=C2N1. The van der Waals surface area contributed by atoms with E-state index < -0.39 is 5.60 Å². The number of dihydropyridines is 2. The maximum atomic E-state index is 12.3. The molecule has 1 saturated heterocycles. The Morgan fingerprint density at radius 1 is 1.30 bits per heavy atom. The molecule has 0 radical (unpaired) electrons. The molecule has 10 heteroatoms. The van der Waals surface area contributed by atoms with Gasteiger partial charge in [0.2, 0.25) is 0 Å². The van der Waals surface area contributed by atoms with Gasteiger partial charge in [-0.3, -0.25) is 4.99 Å². The van der Waals surface area contributed by atoms with Crippen molar-refractivity contribution in [3.05, 3.63) is 70.6 Å². The standard InChI is InChI=1S/C27H38N8O2/c1-17(2)18(12-28)11-24(30)34-25-7-6-22-23(33-25)10-19(14-32-22)20(13-29)15-31-21-8-9-35(16-21)26(36)37-27(3,4)5/h6-7,10-15,17,21,28,32-33H,8-9,16,29H2,1-5H3,(H2,30,34)/t21-/m0/s1. The molecule has 37 heavy (non-hydrogen) atoms. The first-order chi connectivity index (χ1) is 17.5. The maximum absolute atomic E-state index is 12.3. The number of aliphatic imine (C=N–C) groups is 2. The van der Waals surface area contributed by atoms with E-state index in [1.807, 2.05) is 59.0 Å². The van der Waals surface area contributed by atoms with E-state index in [-0.39, 0.29) is 18.1 Å². The Balaban J connectivity index is 1.66. The predicted molar refractivity (Wildman–Crippen MR) is 149 cm³/mol. The van der Waals surface area contributed by atoms with E-state index in [1.165, 1.54) is 12.4 Å². The Hall–Kier alpha value is -4.08. The van der Waals surface area contributed by atoms with Crippen molar-refractivity contribution in [2.24, 2.45) is 27.4 Å². The Morgan fingerprint density at radius 3 is 2.70 bits per heavy atom. The summed E-state index contributed by atoms with van der Waals surface area (Å²) in [4.78, 5) is 23.1. The minimum atomic E-state index is -0.525. The van der Waals surface area contributed by atoms with Crippen LogP contribution in [0.1, 0.15) is 41.0 Å². The number of nitrogens with zero attached hydrogens (tertiary/aromatic N) is 3. The first kappa shape index (κ1) is 27.5. The molecule has 3 aliphatic rings. The number of nitrogens with one attached hydrogen (secondary N) is 3. The summed E-state index contributed by atoms with van der Waals surface area (Å²) in [5, 5.41) is 14.1. The van der Waals surface area contributed by atoms with Crippen LogP contribution >= 0.6 is 0 Å². The van der Waals surface area contributed by atoms with Gasteiger partial charge in [-0.1, -0.05) is 13.8 Å². The van der Waals surface area contributed by atoms with Crippen LogP contribution in [0.5, 0.6) is 0 Å². The fraction of sp³-hybridized carbons (Fsp3) is 0.407. The molecule has 0 aromatic heterocycles. The van der Waals surface area contributed by atoms with E-state index >= 15 is 0 Å². The minimum Gasteiger partial charge on any atom is -0.444 e. The number of ether oxygens (including phenoxy) is 1. The van der Waals surface area contributed by atoms with Crippen LogP contribution in [0.25, 0.3) is 0 Å². The molecule has 1 atom stereocenters. The van der Waals surface area contributed by atoms with Crippen molar-refractivity contribution in [1.82, 2.24) is 15.5 Å². The van der Waals surface area contributed by atoms with Crippen molar-refractivity contribution in [1.29, 1.82) is 5.41 Å². The summed E-state index contributed by atoms with van der Waals surface area (Å²) in [5.74, 6) is 1.08. The number of rotatable bonds is 7. The Morgan fingerprint density at radius 2 is 2.05 bits per heavy atom. The van der Waals surface area contributed by atoms with Gasteiger partial charge in [0.1, 0.15) is 17.3 Å². The molecule has 1 fully saturated rings. The summed E-state index contributed by atoms with van der Waals surface area (Å²) in [6, 6.07) is -0.0212. The van der Waals surface area contributed by atoms with Gasteiger partial charge in [0.25, 0.3) is 0 Å². The van der Waals surface area contributed by atoms with Crippen LogP contribution in [-0.2, 0) is 4.74 Å². The normalized spacial score (nSPS) is 21.0.